The van der Waals surface area contributed by atoms with Gasteiger partial charge < -0.3 is 9.47 Å². The molecule has 0 N–H and O–H groups in total. The molecule has 0 heterocycles. The molecule has 0 aromatic heterocycles. The molecule has 1 aromatic rings. The third-order valence-corrected chi connectivity index (χ3v) is 3.28. The van der Waals surface area contributed by atoms with Crippen LogP contribution < -0.4 is 0 Å². The molecule has 0 bridgehead atoms. The monoisotopic (exact) mass is 280 g/mol. The summed E-state index contributed by atoms with van der Waals surface area (Å²) in [5.41, 5.74) is 2.68. The van der Waals surface area contributed by atoms with Crippen LogP contribution in [0.25, 0.3) is 0 Å². The minimum atomic E-state index is 0.777. The third-order valence-electron chi connectivity index (χ3n) is 3.28. The van der Waals surface area contributed by atoms with E-state index >= 15 is 0 Å². The zero-order chi connectivity index (χ0) is 14.8. The maximum atomic E-state index is 5.09. The number of ether oxygens (including phenoxy) is 2. The number of methoxy groups -OCH3 is 2. The van der Waals surface area contributed by atoms with Gasteiger partial charge in [-0.1, -0.05) is 24.3 Å². The van der Waals surface area contributed by atoms with Gasteiger partial charge >= 0.3 is 0 Å². The lowest BCUT2D eigenvalue weighted by Gasteiger charge is -2.18. The zero-order valence-electron chi connectivity index (χ0n) is 13.3. The summed E-state index contributed by atoms with van der Waals surface area (Å²) in [4.78, 5) is 4.53. The van der Waals surface area contributed by atoms with E-state index in [9.17, 15) is 0 Å². The topological polar surface area (TPSA) is 24.9 Å². The molecule has 0 aliphatic carbocycles. The quantitative estimate of drug-likeness (QED) is 0.653. The Balaban J connectivity index is 2.39. The Bertz CT molecular complexity index is 319. The van der Waals surface area contributed by atoms with Crippen molar-refractivity contribution in [2.24, 2.45) is 0 Å². The number of hydrogen-bond donors (Lipinski definition) is 0. The Labute approximate surface area is 123 Å². The zero-order valence-corrected chi connectivity index (χ0v) is 13.3. The first-order valence-electron chi connectivity index (χ1n) is 7.08. The van der Waals surface area contributed by atoms with Gasteiger partial charge in [0.1, 0.15) is 0 Å². The molecule has 0 unspecified atom stereocenters. The van der Waals surface area contributed by atoms with E-state index in [-0.39, 0.29) is 0 Å². The SMILES string of the molecule is COCCN(C)Cc1ccc(CN(C)CCOC)cc1. The highest BCUT2D eigenvalue weighted by atomic mass is 16.5. The largest absolute Gasteiger partial charge is 0.383 e. The van der Waals surface area contributed by atoms with E-state index in [4.69, 9.17) is 9.47 Å². The van der Waals surface area contributed by atoms with Crippen LogP contribution in [0.1, 0.15) is 11.1 Å². The number of benzene rings is 1. The van der Waals surface area contributed by atoms with Crippen molar-refractivity contribution in [3.05, 3.63) is 35.4 Å². The Kier molecular flexibility index (Phi) is 8.46. The van der Waals surface area contributed by atoms with Crippen molar-refractivity contribution in [2.45, 2.75) is 13.1 Å². The maximum absolute atomic E-state index is 5.09. The molecule has 0 aliphatic rings. The van der Waals surface area contributed by atoms with E-state index in [0.29, 0.717) is 0 Å². The Morgan fingerprint density at radius 1 is 0.750 bits per heavy atom. The summed E-state index contributed by atoms with van der Waals surface area (Å²) in [6.07, 6.45) is 0. The standard InChI is InChI=1S/C16H28N2O2/c1-17(9-11-19-3)13-15-5-7-16(8-6-15)14-18(2)10-12-20-4/h5-8H,9-14H2,1-4H3. The molecule has 0 radical (unpaired) electrons. The Morgan fingerprint density at radius 3 is 1.40 bits per heavy atom. The van der Waals surface area contributed by atoms with Crippen LogP contribution in [0.5, 0.6) is 0 Å². The van der Waals surface area contributed by atoms with Crippen molar-refractivity contribution in [2.75, 3.05) is 54.6 Å². The second kappa shape index (κ2) is 9.88. The van der Waals surface area contributed by atoms with Gasteiger partial charge in [0, 0.05) is 40.4 Å². The molecular formula is C16H28N2O2. The highest BCUT2D eigenvalue weighted by Gasteiger charge is 2.02. The second-order valence-electron chi connectivity index (χ2n) is 5.28. The van der Waals surface area contributed by atoms with Gasteiger partial charge in [-0.15, -0.1) is 0 Å². The predicted octanol–water partition coefficient (Wildman–Crippen LogP) is 1.84. The van der Waals surface area contributed by atoms with Crippen LogP contribution in [0.3, 0.4) is 0 Å². The molecule has 0 spiro atoms. The van der Waals surface area contributed by atoms with E-state index in [0.717, 1.165) is 39.4 Å². The minimum absolute atomic E-state index is 0.777. The van der Waals surface area contributed by atoms with Gasteiger partial charge in [0.15, 0.2) is 0 Å². The van der Waals surface area contributed by atoms with Gasteiger partial charge in [-0.05, 0) is 25.2 Å². The number of rotatable bonds is 10. The lowest BCUT2D eigenvalue weighted by molar-refractivity contribution is 0.158. The summed E-state index contributed by atoms with van der Waals surface area (Å²) in [6, 6.07) is 8.84. The van der Waals surface area contributed by atoms with Crippen molar-refractivity contribution in [3.63, 3.8) is 0 Å². The Morgan fingerprint density at radius 2 is 1.10 bits per heavy atom. The van der Waals surface area contributed by atoms with Gasteiger partial charge in [-0.2, -0.15) is 0 Å². The average Bonchev–Trinajstić information content (AvgIpc) is 2.45. The lowest BCUT2D eigenvalue weighted by atomic mass is 10.1. The molecule has 0 aliphatic heterocycles. The van der Waals surface area contributed by atoms with Crippen molar-refractivity contribution in [1.82, 2.24) is 9.80 Å². The minimum Gasteiger partial charge on any atom is -0.383 e. The van der Waals surface area contributed by atoms with Crippen LogP contribution in [0.15, 0.2) is 24.3 Å². The van der Waals surface area contributed by atoms with E-state index in [2.05, 4.69) is 48.2 Å². The molecule has 0 saturated heterocycles. The summed E-state index contributed by atoms with van der Waals surface area (Å²) in [5.74, 6) is 0. The maximum Gasteiger partial charge on any atom is 0.0589 e. The van der Waals surface area contributed by atoms with E-state index in [1.807, 2.05) is 0 Å². The molecule has 4 nitrogen and oxygen atoms in total. The first-order chi connectivity index (χ1) is 9.65. The molecule has 0 fully saturated rings. The van der Waals surface area contributed by atoms with Gasteiger partial charge in [-0.3, -0.25) is 9.80 Å². The molecule has 4 heteroatoms. The van der Waals surface area contributed by atoms with Crippen LogP contribution in [0, 0.1) is 0 Å². The fourth-order valence-corrected chi connectivity index (χ4v) is 2.03. The summed E-state index contributed by atoms with van der Waals surface area (Å²) < 4.78 is 10.2. The van der Waals surface area contributed by atoms with Gasteiger partial charge in [0.25, 0.3) is 0 Å². The van der Waals surface area contributed by atoms with E-state index in [1.165, 1.54) is 11.1 Å². The predicted molar refractivity (Wildman–Crippen MR) is 82.9 cm³/mol. The molecule has 20 heavy (non-hydrogen) atoms. The smallest absolute Gasteiger partial charge is 0.0589 e. The van der Waals surface area contributed by atoms with Crippen LogP contribution in [-0.2, 0) is 22.6 Å². The van der Waals surface area contributed by atoms with E-state index < -0.39 is 0 Å². The van der Waals surface area contributed by atoms with Crippen LogP contribution in [0.4, 0.5) is 0 Å². The van der Waals surface area contributed by atoms with Crippen molar-refractivity contribution in [1.29, 1.82) is 0 Å². The van der Waals surface area contributed by atoms with Crippen molar-refractivity contribution < 1.29 is 9.47 Å². The second-order valence-corrected chi connectivity index (χ2v) is 5.28. The highest BCUT2D eigenvalue weighted by Crippen LogP contribution is 2.08. The molecule has 0 saturated carbocycles. The number of likely N-dealkylation sites (N-methyl/N-ethyl adjacent to an activating group) is 2. The summed E-state index contributed by atoms with van der Waals surface area (Å²) in [5, 5.41) is 0. The first-order valence-corrected chi connectivity index (χ1v) is 7.08. The summed E-state index contributed by atoms with van der Waals surface area (Å²) in [6.45, 7) is 5.39. The molecule has 0 amide bonds. The summed E-state index contributed by atoms with van der Waals surface area (Å²) in [7, 11) is 7.71. The molecule has 1 aromatic carbocycles. The van der Waals surface area contributed by atoms with Crippen molar-refractivity contribution in [3.8, 4) is 0 Å². The third kappa shape index (κ3) is 7.01. The fraction of sp³-hybridized carbons (Fsp3) is 0.625. The first kappa shape index (κ1) is 17.1. The van der Waals surface area contributed by atoms with Gasteiger partial charge in [-0.25, -0.2) is 0 Å². The van der Waals surface area contributed by atoms with E-state index in [1.54, 1.807) is 14.2 Å². The van der Waals surface area contributed by atoms with Gasteiger partial charge in [0.05, 0.1) is 13.2 Å². The van der Waals surface area contributed by atoms with Gasteiger partial charge in [0.2, 0.25) is 0 Å². The average molecular weight is 280 g/mol. The highest BCUT2D eigenvalue weighted by molar-refractivity contribution is 5.22. The molecule has 114 valence electrons. The summed E-state index contributed by atoms with van der Waals surface area (Å²) >= 11 is 0. The number of hydrogen-bond acceptors (Lipinski definition) is 4. The Hall–Kier alpha value is -0.940. The van der Waals surface area contributed by atoms with Crippen LogP contribution in [-0.4, -0.2) is 64.4 Å². The normalized spacial score (nSPS) is 11.5. The fourth-order valence-electron chi connectivity index (χ4n) is 2.03. The molecular weight excluding hydrogens is 252 g/mol. The number of nitrogens with zero attached hydrogens (tertiary/aromatic N) is 2. The lowest BCUT2D eigenvalue weighted by Crippen LogP contribution is -2.23. The van der Waals surface area contributed by atoms with Crippen LogP contribution >= 0.6 is 0 Å². The van der Waals surface area contributed by atoms with Crippen LogP contribution in [0.2, 0.25) is 0 Å². The molecule has 0 atom stereocenters. The molecule has 1 rings (SSSR count). The van der Waals surface area contributed by atoms with Crippen molar-refractivity contribution >= 4 is 0 Å².